The fraction of sp³-hybridized carbons (Fsp3) is 0. The van der Waals surface area contributed by atoms with Crippen LogP contribution in [-0.2, 0) is 0 Å². The van der Waals surface area contributed by atoms with E-state index >= 15 is 0 Å². The quantitative estimate of drug-likeness (QED) is 0.624. The Labute approximate surface area is 70.4 Å². The molecule has 1 rings (SSSR count). The van der Waals surface area contributed by atoms with Crippen molar-refractivity contribution in [2.75, 3.05) is 0 Å². The number of aromatic nitrogens is 1. The molecule has 0 saturated heterocycles. The Kier molecular flexibility index (Phi) is 2.81. The molecule has 0 fully saturated rings. The molecule has 0 aliphatic carbocycles. The molecular formula is C9H9NS. The lowest BCUT2D eigenvalue weighted by atomic mass is 10.3. The molecule has 1 aromatic heterocycles. The minimum absolute atomic E-state index is 0.938. The zero-order valence-corrected chi connectivity index (χ0v) is 6.97. The number of allylic oxidation sites excluding steroid dienone is 2. The first kappa shape index (κ1) is 7.95. The number of nitrogens with zero attached hydrogens (tertiary/aromatic N) is 1. The fourth-order valence-corrected chi connectivity index (χ4v) is 1.39. The fourth-order valence-electron chi connectivity index (χ4n) is 0.697. The summed E-state index contributed by atoms with van der Waals surface area (Å²) in [6.07, 6.45) is 7.36. The highest BCUT2D eigenvalue weighted by molar-refractivity contribution is 7.10. The number of rotatable bonds is 3. The molecule has 56 valence electrons. The zero-order chi connectivity index (χ0) is 8.10. The average molecular weight is 163 g/mol. The SMILES string of the molecule is C=C/C=C\c1scnc1C=C. The second kappa shape index (κ2) is 3.88. The summed E-state index contributed by atoms with van der Waals surface area (Å²) in [6, 6.07) is 0. The molecule has 0 amide bonds. The monoisotopic (exact) mass is 163 g/mol. The second-order valence-electron chi connectivity index (χ2n) is 1.90. The van der Waals surface area contributed by atoms with Gasteiger partial charge in [0.15, 0.2) is 0 Å². The molecule has 1 nitrogen and oxygen atoms in total. The highest BCUT2D eigenvalue weighted by Crippen LogP contribution is 2.15. The van der Waals surface area contributed by atoms with Gasteiger partial charge in [-0.05, 0) is 12.2 Å². The van der Waals surface area contributed by atoms with E-state index in [0.29, 0.717) is 0 Å². The van der Waals surface area contributed by atoms with Crippen molar-refractivity contribution in [3.05, 3.63) is 41.4 Å². The van der Waals surface area contributed by atoms with Crippen molar-refractivity contribution in [3.8, 4) is 0 Å². The highest BCUT2D eigenvalue weighted by atomic mass is 32.1. The Morgan fingerprint density at radius 1 is 1.45 bits per heavy atom. The molecule has 0 bridgehead atoms. The normalized spacial score (nSPS) is 10.2. The van der Waals surface area contributed by atoms with E-state index in [2.05, 4.69) is 18.1 Å². The Morgan fingerprint density at radius 3 is 2.91 bits per heavy atom. The molecule has 0 atom stereocenters. The Bertz CT molecular complexity index is 284. The third-order valence-electron chi connectivity index (χ3n) is 1.20. The smallest absolute Gasteiger partial charge is 0.0806 e. The second-order valence-corrected chi connectivity index (χ2v) is 2.79. The van der Waals surface area contributed by atoms with E-state index in [0.717, 1.165) is 10.6 Å². The van der Waals surface area contributed by atoms with Gasteiger partial charge in [-0.15, -0.1) is 11.3 Å². The summed E-state index contributed by atoms with van der Waals surface area (Å²) in [5.74, 6) is 0. The van der Waals surface area contributed by atoms with E-state index in [1.54, 1.807) is 29.0 Å². The molecular weight excluding hydrogens is 154 g/mol. The maximum atomic E-state index is 4.10. The first-order valence-electron chi connectivity index (χ1n) is 3.23. The molecule has 11 heavy (non-hydrogen) atoms. The largest absolute Gasteiger partial charge is 0.245 e. The summed E-state index contributed by atoms with van der Waals surface area (Å²) in [6.45, 7) is 7.24. The van der Waals surface area contributed by atoms with Crippen LogP contribution in [0.1, 0.15) is 10.6 Å². The summed E-state index contributed by atoms with van der Waals surface area (Å²) in [4.78, 5) is 5.23. The maximum absolute atomic E-state index is 4.10. The van der Waals surface area contributed by atoms with Gasteiger partial charge in [0.25, 0.3) is 0 Å². The van der Waals surface area contributed by atoms with Crippen molar-refractivity contribution < 1.29 is 0 Å². The molecule has 0 spiro atoms. The van der Waals surface area contributed by atoms with Crippen molar-refractivity contribution in [1.29, 1.82) is 0 Å². The van der Waals surface area contributed by atoms with Gasteiger partial charge in [0.1, 0.15) is 0 Å². The van der Waals surface area contributed by atoms with Gasteiger partial charge in [-0.3, -0.25) is 0 Å². The van der Waals surface area contributed by atoms with Gasteiger partial charge in [0, 0.05) is 0 Å². The molecule has 0 aliphatic heterocycles. The average Bonchev–Trinajstić information content (AvgIpc) is 2.47. The van der Waals surface area contributed by atoms with Gasteiger partial charge < -0.3 is 0 Å². The van der Waals surface area contributed by atoms with Crippen LogP contribution >= 0.6 is 11.3 Å². The molecule has 0 saturated carbocycles. The van der Waals surface area contributed by atoms with E-state index in [-0.39, 0.29) is 0 Å². The topological polar surface area (TPSA) is 12.9 Å². The van der Waals surface area contributed by atoms with Crippen LogP contribution in [0.15, 0.2) is 30.8 Å². The number of hydrogen-bond donors (Lipinski definition) is 0. The zero-order valence-electron chi connectivity index (χ0n) is 6.16. The van der Waals surface area contributed by atoms with Crippen LogP contribution in [0, 0.1) is 0 Å². The van der Waals surface area contributed by atoms with Crippen molar-refractivity contribution in [2.45, 2.75) is 0 Å². The van der Waals surface area contributed by atoms with Crippen LogP contribution in [0.5, 0.6) is 0 Å². The van der Waals surface area contributed by atoms with Gasteiger partial charge in [0.05, 0.1) is 16.1 Å². The Hall–Kier alpha value is -1.15. The third kappa shape index (κ3) is 1.88. The predicted octanol–water partition coefficient (Wildman–Crippen LogP) is 2.99. The summed E-state index contributed by atoms with van der Waals surface area (Å²) >= 11 is 1.60. The van der Waals surface area contributed by atoms with Gasteiger partial charge in [-0.1, -0.05) is 25.3 Å². The summed E-state index contributed by atoms with van der Waals surface area (Å²) in [5.41, 5.74) is 2.74. The van der Waals surface area contributed by atoms with Gasteiger partial charge in [0.2, 0.25) is 0 Å². The van der Waals surface area contributed by atoms with E-state index in [1.165, 1.54) is 0 Å². The van der Waals surface area contributed by atoms with Crippen LogP contribution in [0.25, 0.3) is 12.2 Å². The lowest BCUT2D eigenvalue weighted by Crippen LogP contribution is -1.71. The minimum atomic E-state index is 0.938. The van der Waals surface area contributed by atoms with E-state index in [4.69, 9.17) is 0 Å². The lowest BCUT2D eigenvalue weighted by Gasteiger charge is -1.85. The third-order valence-corrected chi connectivity index (χ3v) is 2.01. The van der Waals surface area contributed by atoms with E-state index in [1.807, 2.05) is 12.2 Å². The van der Waals surface area contributed by atoms with Crippen molar-refractivity contribution in [1.82, 2.24) is 4.98 Å². The molecule has 0 aliphatic rings. The van der Waals surface area contributed by atoms with Gasteiger partial charge in [-0.2, -0.15) is 0 Å². The number of hydrogen-bond acceptors (Lipinski definition) is 2. The van der Waals surface area contributed by atoms with Crippen molar-refractivity contribution in [3.63, 3.8) is 0 Å². The predicted molar refractivity (Wildman–Crippen MR) is 51.4 cm³/mol. The molecule has 0 radical (unpaired) electrons. The van der Waals surface area contributed by atoms with E-state index in [9.17, 15) is 0 Å². The van der Waals surface area contributed by atoms with Gasteiger partial charge >= 0.3 is 0 Å². The van der Waals surface area contributed by atoms with Crippen LogP contribution in [-0.4, -0.2) is 4.98 Å². The van der Waals surface area contributed by atoms with E-state index < -0.39 is 0 Å². The van der Waals surface area contributed by atoms with Gasteiger partial charge in [-0.25, -0.2) is 4.98 Å². The standard InChI is InChI=1S/C9H9NS/c1-3-5-6-9-8(4-2)10-7-11-9/h3-7H,1-2H2/b6-5-. The molecule has 0 N–H and O–H groups in total. The van der Waals surface area contributed by atoms with Crippen LogP contribution in [0.3, 0.4) is 0 Å². The molecule has 0 unspecified atom stereocenters. The highest BCUT2D eigenvalue weighted by Gasteiger charge is 1.95. The molecule has 1 aromatic rings. The first-order valence-corrected chi connectivity index (χ1v) is 4.11. The molecule has 2 heteroatoms. The maximum Gasteiger partial charge on any atom is 0.0806 e. The first-order chi connectivity index (χ1) is 5.38. The summed E-state index contributed by atoms with van der Waals surface area (Å²) in [7, 11) is 0. The van der Waals surface area contributed by atoms with Crippen molar-refractivity contribution >= 4 is 23.5 Å². The van der Waals surface area contributed by atoms with Crippen LogP contribution in [0.2, 0.25) is 0 Å². The van der Waals surface area contributed by atoms with Crippen LogP contribution in [0.4, 0.5) is 0 Å². The summed E-state index contributed by atoms with van der Waals surface area (Å²) < 4.78 is 0. The minimum Gasteiger partial charge on any atom is -0.245 e. The van der Waals surface area contributed by atoms with Crippen LogP contribution < -0.4 is 0 Å². The molecule has 0 aromatic carbocycles. The lowest BCUT2D eigenvalue weighted by molar-refractivity contribution is 1.38. The number of thiazole rings is 1. The summed E-state index contributed by atoms with van der Waals surface area (Å²) in [5, 5.41) is 0. The van der Waals surface area contributed by atoms with Crippen molar-refractivity contribution in [2.24, 2.45) is 0 Å². The Morgan fingerprint density at radius 2 is 2.27 bits per heavy atom. The molecule has 1 heterocycles. The Balaban J connectivity index is 2.92.